The highest BCUT2D eigenvalue weighted by Crippen LogP contribution is 2.21. The van der Waals surface area contributed by atoms with Crippen molar-refractivity contribution in [1.82, 2.24) is 19.7 Å². The predicted octanol–water partition coefficient (Wildman–Crippen LogP) is 2.43. The van der Waals surface area contributed by atoms with E-state index in [0.29, 0.717) is 28.8 Å². The number of carbonyl (C=O) groups excluding carboxylic acids is 1. The summed E-state index contributed by atoms with van der Waals surface area (Å²) >= 11 is 1.50. The highest BCUT2D eigenvalue weighted by molar-refractivity contribution is 7.98. The standard InChI is InChI=1S/C17H18N4O3S/c1-4-24-16(23)11-5-6-14-13(7-11)15(22)8-12(18-14)9-25-17-20-19-10(2)21(17)3/h5-8H,4,9H2,1-3H3,(H,18,22). The molecule has 0 aliphatic carbocycles. The third kappa shape index (κ3) is 3.58. The maximum Gasteiger partial charge on any atom is 0.338 e. The molecule has 0 saturated carbocycles. The van der Waals surface area contributed by atoms with Gasteiger partial charge in [0, 0.05) is 35.5 Å². The van der Waals surface area contributed by atoms with E-state index in [9.17, 15) is 9.59 Å². The smallest absolute Gasteiger partial charge is 0.338 e. The summed E-state index contributed by atoms with van der Waals surface area (Å²) in [4.78, 5) is 27.4. The number of pyridine rings is 1. The first-order valence-electron chi connectivity index (χ1n) is 7.81. The minimum absolute atomic E-state index is 0.135. The molecule has 1 N–H and O–H groups in total. The van der Waals surface area contributed by atoms with Crippen molar-refractivity contribution in [3.63, 3.8) is 0 Å². The third-order valence-electron chi connectivity index (χ3n) is 3.81. The number of carbonyl (C=O) groups is 1. The van der Waals surface area contributed by atoms with Gasteiger partial charge in [-0.25, -0.2) is 4.79 Å². The number of aromatic amines is 1. The van der Waals surface area contributed by atoms with Crippen LogP contribution in [0.3, 0.4) is 0 Å². The number of benzene rings is 1. The maximum atomic E-state index is 12.4. The number of hydrogen-bond acceptors (Lipinski definition) is 6. The fourth-order valence-electron chi connectivity index (χ4n) is 2.38. The zero-order valence-corrected chi connectivity index (χ0v) is 15.0. The number of aryl methyl sites for hydroxylation is 1. The summed E-state index contributed by atoms with van der Waals surface area (Å²) in [5.74, 6) is 0.971. The third-order valence-corrected chi connectivity index (χ3v) is 4.88. The molecule has 0 atom stereocenters. The van der Waals surface area contributed by atoms with Crippen LogP contribution in [-0.4, -0.2) is 32.3 Å². The number of hydrogen-bond donors (Lipinski definition) is 1. The zero-order chi connectivity index (χ0) is 18.0. The van der Waals surface area contributed by atoms with Gasteiger partial charge in [-0.2, -0.15) is 0 Å². The minimum atomic E-state index is -0.430. The maximum absolute atomic E-state index is 12.4. The number of rotatable bonds is 5. The van der Waals surface area contributed by atoms with Crippen LogP contribution in [-0.2, 0) is 17.5 Å². The van der Waals surface area contributed by atoms with E-state index in [1.807, 2.05) is 18.5 Å². The average Bonchev–Trinajstić information content (AvgIpc) is 2.92. The van der Waals surface area contributed by atoms with Gasteiger partial charge in [-0.05, 0) is 32.0 Å². The van der Waals surface area contributed by atoms with Gasteiger partial charge in [0.1, 0.15) is 5.82 Å². The van der Waals surface area contributed by atoms with E-state index in [4.69, 9.17) is 4.74 Å². The molecule has 7 nitrogen and oxygen atoms in total. The Morgan fingerprint density at radius 1 is 1.32 bits per heavy atom. The molecule has 2 aromatic heterocycles. The highest BCUT2D eigenvalue weighted by Gasteiger charge is 2.11. The fourth-order valence-corrected chi connectivity index (χ4v) is 3.24. The molecular formula is C17H18N4O3S. The van der Waals surface area contributed by atoms with Gasteiger partial charge in [0.05, 0.1) is 12.2 Å². The Morgan fingerprint density at radius 3 is 2.80 bits per heavy atom. The summed E-state index contributed by atoms with van der Waals surface area (Å²) in [6.45, 7) is 3.93. The molecule has 0 saturated heterocycles. The largest absolute Gasteiger partial charge is 0.462 e. The van der Waals surface area contributed by atoms with Gasteiger partial charge >= 0.3 is 5.97 Å². The molecule has 0 bridgehead atoms. The van der Waals surface area contributed by atoms with Crippen LogP contribution in [0.5, 0.6) is 0 Å². The van der Waals surface area contributed by atoms with Gasteiger partial charge in [-0.1, -0.05) is 11.8 Å². The van der Waals surface area contributed by atoms with E-state index >= 15 is 0 Å². The van der Waals surface area contributed by atoms with Crippen molar-refractivity contribution in [2.45, 2.75) is 24.8 Å². The molecule has 0 amide bonds. The van der Waals surface area contributed by atoms with Gasteiger partial charge in [-0.3, -0.25) is 4.79 Å². The van der Waals surface area contributed by atoms with Gasteiger partial charge in [-0.15, -0.1) is 10.2 Å². The monoisotopic (exact) mass is 358 g/mol. The lowest BCUT2D eigenvalue weighted by atomic mass is 10.1. The molecule has 3 aromatic rings. The van der Waals surface area contributed by atoms with E-state index in [1.165, 1.54) is 11.8 Å². The average molecular weight is 358 g/mol. The van der Waals surface area contributed by atoms with Crippen molar-refractivity contribution < 1.29 is 9.53 Å². The lowest BCUT2D eigenvalue weighted by Gasteiger charge is -2.06. The summed E-state index contributed by atoms with van der Waals surface area (Å²) in [5.41, 5.74) is 1.71. The summed E-state index contributed by atoms with van der Waals surface area (Å²) in [6.07, 6.45) is 0. The summed E-state index contributed by atoms with van der Waals surface area (Å²) in [7, 11) is 1.90. The number of thioether (sulfide) groups is 1. The number of aromatic nitrogens is 4. The van der Waals surface area contributed by atoms with Gasteiger partial charge < -0.3 is 14.3 Å². The van der Waals surface area contributed by atoms with Crippen molar-refractivity contribution in [1.29, 1.82) is 0 Å². The Kier molecular flexibility index (Phi) is 4.89. The van der Waals surface area contributed by atoms with Crippen molar-refractivity contribution in [2.75, 3.05) is 6.61 Å². The van der Waals surface area contributed by atoms with Crippen LogP contribution in [0, 0.1) is 6.92 Å². The fraction of sp³-hybridized carbons (Fsp3) is 0.294. The summed E-state index contributed by atoms with van der Waals surface area (Å²) < 4.78 is 6.87. The molecule has 0 radical (unpaired) electrons. The molecule has 0 unspecified atom stereocenters. The zero-order valence-electron chi connectivity index (χ0n) is 14.2. The molecule has 0 aliphatic heterocycles. The normalized spacial score (nSPS) is 11.0. The summed E-state index contributed by atoms with van der Waals surface area (Å²) in [6, 6.07) is 6.49. The van der Waals surface area contributed by atoms with Gasteiger partial charge in [0.2, 0.25) is 0 Å². The van der Waals surface area contributed by atoms with Crippen LogP contribution in [0.1, 0.15) is 28.8 Å². The van der Waals surface area contributed by atoms with Crippen molar-refractivity contribution in [3.05, 3.63) is 51.6 Å². The molecule has 25 heavy (non-hydrogen) atoms. The Balaban J connectivity index is 1.86. The van der Waals surface area contributed by atoms with Gasteiger partial charge in [0.25, 0.3) is 0 Å². The van der Waals surface area contributed by atoms with Crippen LogP contribution in [0.4, 0.5) is 0 Å². The Labute approximate surface area is 148 Å². The lowest BCUT2D eigenvalue weighted by Crippen LogP contribution is -2.08. The molecule has 0 aliphatic rings. The molecule has 3 rings (SSSR count). The molecule has 2 heterocycles. The van der Waals surface area contributed by atoms with Crippen LogP contribution in [0.25, 0.3) is 10.9 Å². The molecular weight excluding hydrogens is 340 g/mol. The number of H-pyrrole nitrogens is 1. The quantitative estimate of drug-likeness (QED) is 0.556. The number of nitrogens with one attached hydrogen (secondary N) is 1. The van der Waals surface area contributed by atoms with Crippen molar-refractivity contribution >= 4 is 28.6 Å². The molecule has 0 spiro atoms. The van der Waals surface area contributed by atoms with Crippen molar-refractivity contribution in [3.8, 4) is 0 Å². The Bertz CT molecular complexity index is 993. The number of ether oxygens (including phenoxy) is 1. The van der Waals surface area contributed by atoms with E-state index in [-0.39, 0.29) is 5.43 Å². The number of fused-ring (bicyclic) bond motifs is 1. The van der Waals surface area contributed by atoms with E-state index in [1.54, 1.807) is 31.2 Å². The second kappa shape index (κ2) is 7.10. The first-order chi connectivity index (χ1) is 12.0. The van der Waals surface area contributed by atoms with E-state index in [2.05, 4.69) is 15.2 Å². The van der Waals surface area contributed by atoms with Crippen molar-refractivity contribution in [2.24, 2.45) is 7.05 Å². The lowest BCUT2D eigenvalue weighted by molar-refractivity contribution is 0.0526. The Morgan fingerprint density at radius 2 is 2.12 bits per heavy atom. The Hall–Kier alpha value is -2.61. The topological polar surface area (TPSA) is 89.9 Å². The number of nitrogens with zero attached hydrogens (tertiary/aromatic N) is 3. The second-order valence-electron chi connectivity index (χ2n) is 5.52. The predicted molar refractivity (Wildman–Crippen MR) is 95.8 cm³/mol. The molecule has 0 fully saturated rings. The molecule has 1 aromatic carbocycles. The minimum Gasteiger partial charge on any atom is -0.462 e. The van der Waals surface area contributed by atoms with Crippen LogP contribution in [0.2, 0.25) is 0 Å². The van der Waals surface area contributed by atoms with Gasteiger partial charge in [0.15, 0.2) is 10.6 Å². The highest BCUT2D eigenvalue weighted by atomic mass is 32.2. The van der Waals surface area contributed by atoms with Crippen LogP contribution >= 0.6 is 11.8 Å². The van der Waals surface area contributed by atoms with Crippen LogP contribution < -0.4 is 5.43 Å². The molecule has 8 heteroatoms. The number of esters is 1. The van der Waals surface area contributed by atoms with E-state index < -0.39 is 5.97 Å². The first-order valence-corrected chi connectivity index (χ1v) is 8.80. The molecule has 130 valence electrons. The van der Waals surface area contributed by atoms with Crippen LogP contribution in [0.15, 0.2) is 34.2 Å². The summed E-state index contributed by atoms with van der Waals surface area (Å²) in [5, 5.41) is 9.36. The van der Waals surface area contributed by atoms with E-state index in [0.717, 1.165) is 16.7 Å². The SMILES string of the molecule is CCOC(=O)c1ccc2[nH]c(CSc3nnc(C)n3C)cc(=O)c2c1. The second-order valence-corrected chi connectivity index (χ2v) is 6.46. The first kappa shape index (κ1) is 17.2.